The zero-order valence-electron chi connectivity index (χ0n) is 8.27. The lowest BCUT2D eigenvalue weighted by molar-refractivity contribution is 0.0697. The van der Waals surface area contributed by atoms with Crippen molar-refractivity contribution in [3.63, 3.8) is 0 Å². The second kappa shape index (κ2) is 3.06. The molecule has 0 saturated heterocycles. The Morgan fingerprint density at radius 1 is 1.25 bits per heavy atom. The van der Waals surface area contributed by atoms with Crippen LogP contribution in [0.15, 0.2) is 36.5 Å². The maximum absolute atomic E-state index is 10.9. The lowest BCUT2D eigenvalue weighted by Gasteiger charge is -1.94. The summed E-state index contributed by atoms with van der Waals surface area (Å²) < 4.78 is 0. The molecule has 0 saturated carbocycles. The van der Waals surface area contributed by atoms with Gasteiger partial charge in [0.1, 0.15) is 0 Å². The molecule has 2 N–H and O–H groups in total. The van der Waals surface area contributed by atoms with Crippen molar-refractivity contribution in [2.75, 3.05) is 0 Å². The van der Waals surface area contributed by atoms with Crippen molar-refractivity contribution in [3.8, 4) is 0 Å². The first-order valence-electron chi connectivity index (χ1n) is 4.85. The normalized spacial score (nSPS) is 11.0. The molecule has 3 rings (SSSR count). The number of nitrogens with one attached hydrogen (secondary N) is 1. The van der Waals surface area contributed by atoms with Gasteiger partial charge in [0.05, 0.1) is 16.6 Å². The first-order valence-corrected chi connectivity index (χ1v) is 4.85. The number of carboxylic acids is 1. The van der Waals surface area contributed by atoms with Gasteiger partial charge in [-0.25, -0.2) is 4.79 Å². The number of nitrogens with zero attached hydrogens (tertiary/aromatic N) is 1. The van der Waals surface area contributed by atoms with Crippen molar-refractivity contribution in [1.29, 1.82) is 0 Å². The molecular weight excluding hydrogens is 204 g/mol. The van der Waals surface area contributed by atoms with Crippen LogP contribution in [0.4, 0.5) is 0 Å². The molecule has 0 amide bonds. The van der Waals surface area contributed by atoms with Gasteiger partial charge in [0.15, 0.2) is 0 Å². The summed E-state index contributed by atoms with van der Waals surface area (Å²) in [6.07, 6.45) is 1.70. The topological polar surface area (TPSA) is 66.0 Å². The Labute approximate surface area is 90.5 Å². The minimum absolute atomic E-state index is 0.277. The van der Waals surface area contributed by atoms with Gasteiger partial charge in [-0.3, -0.25) is 4.98 Å². The van der Waals surface area contributed by atoms with E-state index in [2.05, 4.69) is 9.97 Å². The lowest BCUT2D eigenvalue weighted by atomic mass is 10.1. The second-order valence-corrected chi connectivity index (χ2v) is 3.59. The van der Waals surface area contributed by atoms with Gasteiger partial charge in [0.25, 0.3) is 0 Å². The zero-order chi connectivity index (χ0) is 11.1. The van der Waals surface area contributed by atoms with E-state index in [0.717, 1.165) is 21.9 Å². The number of aromatic amines is 1. The van der Waals surface area contributed by atoms with Crippen LogP contribution in [0.2, 0.25) is 0 Å². The van der Waals surface area contributed by atoms with E-state index in [0.29, 0.717) is 0 Å². The van der Waals surface area contributed by atoms with Crippen LogP contribution in [-0.4, -0.2) is 21.0 Å². The molecule has 4 nitrogen and oxygen atoms in total. The van der Waals surface area contributed by atoms with Gasteiger partial charge in [-0.15, -0.1) is 0 Å². The molecule has 0 fully saturated rings. The van der Waals surface area contributed by atoms with Crippen LogP contribution in [0.5, 0.6) is 0 Å². The van der Waals surface area contributed by atoms with Gasteiger partial charge in [0, 0.05) is 17.1 Å². The van der Waals surface area contributed by atoms with Gasteiger partial charge in [0.2, 0.25) is 0 Å². The zero-order valence-corrected chi connectivity index (χ0v) is 8.27. The average Bonchev–Trinajstić information content (AvgIpc) is 2.66. The van der Waals surface area contributed by atoms with Crippen molar-refractivity contribution >= 4 is 27.9 Å². The third kappa shape index (κ3) is 1.16. The number of rotatable bonds is 1. The average molecular weight is 212 g/mol. The molecule has 0 aliphatic carbocycles. The van der Waals surface area contributed by atoms with Crippen molar-refractivity contribution in [3.05, 3.63) is 42.1 Å². The van der Waals surface area contributed by atoms with Gasteiger partial charge in [-0.05, 0) is 30.3 Å². The van der Waals surface area contributed by atoms with E-state index < -0.39 is 5.97 Å². The summed E-state index contributed by atoms with van der Waals surface area (Å²) in [7, 11) is 0. The van der Waals surface area contributed by atoms with Crippen molar-refractivity contribution < 1.29 is 9.90 Å². The summed E-state index contributed by atoms with van der Waals surface area (Å²) in [6, 6.07) is 8.75. The second-order valence-electron chi connectivity index (χ2n) is 3.59. The number of pyridine rings is 1. The third-order valence-corrected chi connectivity index (χ3v) is 2.60. The van der Waals surface area contributed by atoms with Crippen LogP contribution < -0.4 is 0 Å². The SMILES string of the molecule is O=C(O)c1ccc2[nH]c3cccnc3c2c1. The van der Waals surface area contributed by atoms with Crippen LogP contribution in [0.3, 0.4) is 0 Å². The van der Waals surface area contributed by atoms with Crippen molar-refractivity contribution in [2.45, 2.75) is 0 Å². The molecule has 0 aliphatic heterocycles. The number of hydrogen-bond acceptors (Lipinski definition) is 2. The fourth-order valence-corrected chi connectivity index (χ4v) is 1.85. The van der Waals surface area contributed by atoms with Crippen LogP contribution in [0, 0.1) is 0 Å². The number of fused-ring (bicyclic) bond motifs is 3. The number of hydrogen-bond donors (Lipinski definition) is 2. The minimum atomic E-state index is -0.924. The number of carbonyl (C=O) groups is 1. The van der Waals surface area contributed by atoms with Crippen molar-refractivity contribution in [1.82, 2.24) is 9.97 Å². The van der Waals surface area contributed by atoms with E-state index in [1.807, 2.05) is 12.1 Å². The molecule has 0 bridgehead atoms. The fourth-order valence-electron chi connectivity index (χ4n) is 1.85. The van der Waals surface area contributed by atoms with E-state index in [1.165, 1.54) is 0 Å². The summed E-state index contributed by atoms with van der Waals surface area (Å²) in [5, 5.41) is 9.77. The molecule has 2 aromatic heterocycles. The molecule has 78 valence electrons. The van der Waals surface area contributed by atoms with Gasteiger partial charge in [-0.2, -0.15) is 0 Å². The van der Waals surface area contributed by atoms with E-state index in [4.69, 9.17) is 5.11 Å². The largest absolute Gasteiger partial charge is 0.478 e. The number of benzene rings is 1. The Kier molecular flexibility index (Phi) is 1.71. The highest BCUT2D eigenvalue weighted by Crippen LogP contribution is 2.24. The highest BCUT2D eigenvalue weighted by molar-refractivity contribution is 6.07. The summed E-state index contributed by atoms with van der Waals surface area (Å²) in [5.41, 5.74) is 2.90. The molecule has 4 heteroatoms. The van der Waals surface area contributed by atoms with Crippen LogP contribution >= 0.6 is 0 Å². The summed E-state index contributed by atoms with van der Waals surface area (Å²) in [4.78, 5) is 18.3. The van der Waals surface area contributed by atoms with Crippen LogP contribution in [-0.2, 0) is 0 Å². The standard InChI is InChI=1S/C12H8N2O2/c15-12(16)7-3-4-9-8(6-7)11-10(14-9)2-1-5-13-11/h1-6,14H,(H,15,16). The number of aromatic carboxylic acids is 1. The van der Waals surface area contributed by atoms with Gasteiger partial charge >= 0.3 is 5.97 Å². The number of aromatic nitrogens is 2. The molecular formula is C12H8N2O2. The van der Waals surface area contributed by atoms with E-state index >= 15 is 0 Å². The molecule has 0 atom stereocenters. The lowest BCUT2D eigenvalue weighted by Crippen LogP contribution is -1.94. The fraction of sp³-hybridized carbons (Fsp3) is 0. The predicted molar refractivity (Wildman–Crippen MR) is 60.6 cm³/mol. The molecule has 16 heavy (non-hydrogen) atoms. The molecule has 0 spiro atoms. The maximum atomic E-state index is 10.9. The third-order valence-electron chi connectivity index (χ3n) is 2.60. The van der Waals surface area contributed by atoms with Gasteiger partial charge in [-0.1, -0.05) is 0 Å². The Hall–Kier alpha value is -2.36. The Morgan fingerprint density at radius 2 is 2.12 bits per heavy atom. The molecule has 1 aromatic carbocycles. The van der Waals surface area contributed by atoms with E-state index in [1.54, 1.807) is 24.4 Å². The first-order chi connectivity index (χ1) is 7.75. The highest BCUT2D eigenvalue weighted by atomic mass is 16.4. The van der Waals surface area contributed by atoms with E-state index in [-0.39, 0.29) is 5.56 Å². The number of H-pyrrole nitrogens is 1. The van der Waals surface area contributed by atoms with E-state index in [9.17, 15) is 4.79 Å². The molecule has 0 unspecified atom stereocenters. The minimum Gasteiger partial charge on any atom is -0.478 e. The smallest absolute Gasteiger partial charge is 0.335 e. The quantitative estimate of drug-likeness (QED) is 0.651. The molecule has 2 heterocycles. The monoisotopic (exact) mass is 212 g/mol. The predicted octanol–water partition coefficient (Wildman–Crippen LogP) is 2.41. The molecule has 0 aliphatic rings. The Morgan fingerprint density at radius 3 is 2.94 bits per heavy atom. The summed E-state index contributed by atoms with van der Waals surface area (Å²) >= 11 is 0. The summed E-state index contributed by atoms with van der Waals surface area (Å²) in [5.74, 6) is -0.924. The first kappa shape index (κ1) is 8.91. The van der Waals surface area contributed by atoms with Crippen LogP contribution in [0.25, 0.3) is 21.9 Å². The highest BCUT2D eigenvalue weighted by Gasteiger charge is 2.08. The Bertz CT molecular complexity index is 700. The van der Waals surface area contributed by atoms with Crippen LogP contribution in [0.1, 0.15) is 10.4 Å². The number of carboxylic acid groups (broad SMARTS) is 1. The molecule has 3 aromatic rings. The summed E-state index contributed by atoms with van der Waals surface area (Å²) in [6.45, 7) is 0. The van der Waals surface area contributed by atoms with Crippen molar-refractivity contribution in [2.24, 2.45) is 0 Å². The maximum Gasteiger partial charge on any atom is 0.335 e. The molecule has 0 radical (unpaired) electrons. The van der Waals surface area contributed by atoms with Gasteiger partial charge < -0.3 is 10.1 Å². The Balaban J connectivity index is 2.44.